The summed E-state index contributed by atoms with van der Waals surface area (Å²) in [5.74, 6) is -0.307. The topological polar surface area (TPSA) is 32.7 Å². The lowest BCUT2D eigenvalue weighted by atomic mass is 9.93. The SMILES string of the molecule is CN(C)c1cc(F)ccc1C(C)(C)N=C=O. The zero-order valence-corrected chi connectivity index (χ0v) is 9.91. The maximum absolute atomic E-state index is 13.1. The van der Waals surface area contributed by atoms with Crippen molar-refractivity contribution in [2.45, 2.75) is 19.4 Å². The number of aliphatic imine (C=N–C) groups is 1. The highest BCUT2D eigenvalue weighted by Gasteiger charge is 2.24. The van der Waals surface area contributed by atoms with Gasteiger partial charge in [-0.1, -0.05) is 6.07 Å². The molecule has 0 aliphatic carbocycles. The van der Waals surface area contributed by atoms with E-state index in [1.54, 1.807) is 30.9 Å². The Kier molecular flexibility index (Phi) is 3.45. The van der Waals surface area contributed by atoms with Gasteiger partial charge in [0, 0.05) is 25.3 Å². The molecule has 16 heavy (non-hydrogen) atoms. The molecule has 0 radical (unpaired) electrons. The summed E-state index contributed by atoms with van der Waals surface area (Å²) in [6.07, 6.45) is 1.55. The number of rotatable bonds is 3. The summed E-state index contributed by atoms with van der Waals surface area (Å²) in [5.41, 5.74) is 0.806. The van der Waals surface area contributed by atoms with Crippen LogP contribution in [0.4, 0.5) is 10.1 Å². The van der Waals surface area contributed by atoms with E-state index >= 15 is 0 Å². The van der Waals surface area contributed by atoms with Crippen LogP contribution in [0.15, 0.2) is 23.2 Å². The van der Waals surface area contributed by atoms with Crippen molar-refractivity contribution in [3.63, 3.8) is 0 Å². The van der Waals surface area contributed by atoms with Gasteiger partial charge in [-0.2, -0.15) is 4.99 Å². The van der Waals surface area contributed by atoms with Crippen molar-refractivity contribution in [2.24, 2.45) is 4.99 Å². The van der Waals surface area contributed by atoms with E-state index in [1.165, 1.54) is 12.1 Å². The summed E-state index contributed by atoms with van der Waals surface area (Å²) in [7, 11) is 3.64. The van der Waals surface area contributed by atoms with E-state index in [0.717, 1.165) is 5.56 Å². The Labute approximate surface area is 94.6 Å². The minimum absolute atomic E-state index is 0.307. The molecule has 1 aromatic rings. The van der Waals surface area contributed by atoms with Gasteiger partial charge in [0.05, 0.1) is 5.54 Å². The van der Waals surface area contributed by atoms with Crippen LogP contribution in [0.5, 0.6) is 0 Å². The number of anilines is 1. The van der Waals surface area contributed by atoms with Gasteiger partial charge >= 0.3 is 0 Å². The standard InChI is InChI=1S/C12H15FN2O/c1-12(2,14-8-16)10-6-5-9(13)7-11(10)15(3)4/h5-7H,1-4H3. The van der Waals surface area contributed by atoms with E-state index in [0.29, 0.717) is 5.69 Å². The van der Waals surface area contributed by atoms with Crippen molar-refractivity contribution >= 4 is 11.8 Å². The predicted octanol–water partition coefficient (Wildman–Crippen LogP) is 2.46. The van der Waals surface area contributed by atoms with Crippen molar-refractivity contribution < 1.29 is 9.18 Å². The molecule has 86 valence electrons. The quantitative estimate of drug-likeness (QED) is 0.581. The molecule has 0 fully saturated rings. The molecule has 0 saturated carbocycles. The van der Waals surface area contributed by atoms with Gasteiger partial charge in [0.15, 0.2) is 0 Å². The Bertz CT molecular complexity index is 435. The second kappa shape index (κ2) is 4.45. The van der Waals surface area contributed by atoms with E-state index in [-0.39, 0.29) is 5.82 Å². The number of halogens is 1. The number of hydrogen-bond donors (Lipinski definition) is 0. The Morgan fingerprint density at radius 2 is 2.00 bits per heavy atom. The van der Waals surface area contributed by atoms with Crippen molar-refractivity contribution in [1.29, 1.82) is 0 Å². The number of benzene rings is 1. The molecule has 0 aliphatic heterocycles. The molecule has 0 unspecified atom stereocenters. The summed E-state index contributed by atoms with van der Waals surface area (Å²) in [4.78, 5) is 15.9. The van der Waals surface area contributed by atoms with Crippen LogP contribution in [0.2, 0.25) is 0 Å². The first-order valence-electron chi connectivity index (χ1n) is 4.95. The van der Waals surface area contributed by atoms with Crippen LogP contribution in [0.1, 0.15) is 19.4 Å². The van der Waals surface area contributed by atoms with Crippen LogP contribution in [0, 0.1) is 5.82 Å². The number of carbonyl (C=O) groups excluding carboxylic acids is 1. The lowest BCUT2D eigenvalue weighted by Gasteiger charge is -2.25. The summed E-state index contributed by atoms with van der Waals surface area (Å²) in [6, 6.07) is 4.44. The van der Waals surface area contributed by atoms with Gasteiger partial charge in [0.25, 0.3) is 0 Å². The summed E-state index contributed by atoms with van der Waals surface area (Å²) in [5, 5.41) is 0. The maximum atomic E-state index is 13.1. The maximum Gasteiger partial charge on any atom is 0.235 e. The van der Waals surface area contributed by atoms with Crippen molar-refractivity contribution in [2.75, 3.05) is 19.0 Å². The van der Waals surface area contributed by atoms with Gasteiger partial charge in [0.2, 0.25) is 6.08 Å². The molecular weight excluding hydrogens is 207 g/mol. The Balaban J connectivity index is 3.38. The van der Waals surface area contributed by atoms with Crippen LogP contribution >= 0.6 is 0 Å². The first-order valence-corrected chi connectivity index (χ1v) is 4.95. The van der Waals surface area contributed by atoms with Gasteiger partial charge in [-0.25, -0.2) is 9.18 Å². The molecule has 3 nitrogen and oxygen atoms in total. The second-order valence-corrected chi connectivity index (χ2v) is 4.32. The lowest BCUT2D eigenvalue weighted by Crippen LogP contribution is -2.20. The Morgan fingerprint density at radius 3 is 2.50 bits per heavy atom. The molecule has 0 atom stereocenters. The molecule has 1 aromatic carbocycles. The minimum atomic E-state index is -0.699. The molecule has 0 saturated heterocycles. The molecule has 0 aliphatic rings. The molecule has 1 rings (SSSR count). The smallest absolute Gasteiger partial charge is 0.235 e. The third kappa shape index (κ3) is 2.47. The van der Waals surface area contributed by atoms with Gasteiger partial charge in [-0.05, 0) is 26.0 Å². The third-order valence-corrected chi connectivity index (χ3v) is 2.43. The molecule has 4 heteroatoms. The first-order chi connectivity index (χ1) is 7.38. The van der Waals surface area contributed by atoms with E-state index in [1.807, 2.05) is 14.1 Å². The highest BCUT2D eigenvalue weighted by molar-refractivity contribution is 5.56. The molecular formula is C12H15FN2O. The lowest BCUT2D eigenvalue weighted by molar-refractivity contribution is 0.521. The Hall–Kier alpha value is -1.67. The fourth-order valence-electron chi connectivity index (χ4n) is 1.57. The molecule has 0 spiro atoms. The van der Waals surface area contributed by atoms with E-state index in [2.05, 4.69) is 4.99 Å². The zero-order chi connectivity index (χ0) is 12.3. The van der Waals surface area contributed by atoms with Gasteiger partial charge in [0.1, 0.15) is 5.82 Å². The van der Waals surface area contributed by atoms with Gasteiger partial charge in [-0.3, -0.25) is 0 Å². The number of isocyanates is 1. The van der Waals surface area contributed by atoms with Crippen LogP contribution < -0.4 is 4.90 Å². The van der Waals surface area contributed by atoms with Crippen LogP contribution in [-0.2, 0) is 10.3 Å². The third-order valence-electron chi connectivity index (χ3n) is 2.43. The zero-order valence-electron chi connectivity index (χ0n) is 9.91. The molecule has 0 bridgehead atoms. The monoisotopic (exact) mass is 222 g/mol. The molecule has 0 amide bonds. The highest BCUT2D eigenvalue weighted by atomic mass is 19.1. The molecule has 0 N–H and O–H groups in total. The van der Waals surface area contributed by atoms with E-state index in [4.69, 9.17) is 0 Å². The molecule has 0 aromatic heterocycles. The predicted molar refractivity (Wildman–Crippen MR) is 61.9 cm³/mol. The first kappa shape index (κ1) is 12.4. The highest BCUT2D eigenvalue weighted by Crippen LogP contribution is 2.32. The van der Waals surface area contributed by atoms with E-state index in [9.17, 15) is 9.18 Å². The second-order valence-electron chi connectivity index (χ2n) is 4.32. The van der Waals surface area contributed by atoms with Crippen molar-refractivity contribution in [3.8, 4) is 0 Å². The Morgan fingerprint density at radius 1 is 1.38 bits per heavy atom. The molecule has 0 heterocycles. The van der Waals surface area contributed by atoms with Gasteiger partial charge in [-0.15, -0.1) is 0 Å². The fraction of sp³-hybridized carbons (Fsp3) is 0.417. The van der Waals surface area contributed by atoms with Crippen molar-refractivity contribution in [1.82, 2.24) is 0 Å². The van der Waals surface area contributed by atoms with E-state index < -0.39 is 5.54 Å². The van der Waals surface area contributed by atoms with Crippen molar-refractivity contribution in [3.05, 3.63) is 29.6 Å². The van der Waals surface area contributed by atoms with Gasteiger partial charge < -0.3 is 4.90 Å². The number of nitrogens with zero attached hydrogens (tertiary/aromatic N) is 2. The summed E-state index contributed by atoms with van der Waals surface area (Å²) < 4.78 is 13.1. The summed E-state index contributed by atoms with van der Waals surface area (Å²) >= 11 is 0. The van der Waals surface area contributed by atoms with Crippen LogP contribution in [0.3, 0.4) is 0 Å². The average Bonchev–Trinajstić information content (AvgIpc) is 2.16. The normalized spacial score (nSPS) is 10.8. The summed E-state index contributed by atoms with van der Waals surface area (Å²) in [6.45, 7) is 3.58. The van der Waals surface area contributed by atoms with Crippen LogP contribution in [0.25, 0.3) is 0 Å². The fourth-order valence-corrected chi connectivity index (χ4v) is 1.57. The average molecular weight is 222 g/mol. The largest absolute Gasteiger partial charge is 0.377 e. The number of hydrogen-bond acceptors (Lipinski definition) is 3. The minimum Gasteiger partial charge on any atom is -0.377 e. The van der Waals surface area contributed by atoms with Crippen LogP contribution in [-0.4, -0.2) is 20.2 Å².